The first-order chi connectivity index (χ1) is 23.4. The molecular formula is C37H55N5O7. The molecule has 2 bridgehead atoms. The number of likely N-dealkylation sites (tertiary alicyclic amines) is 1. The molecule has 3 N–H and O–H groups in total. The first-order valence-corrected chi connectivity index (χ1v) is 18.0. The van der Waals surface area contributed by atoms with Crippen LogP contribution in [0.1, 0.15) is 84.6 Å². The predicted molar refractivity (Wildman–Crippen MR) is 187 cm³/mol. The third-order valence-corrected chi connectivity index (χ3v) is 9.96. The van der Waals surface area contributed by atoms with Crippen molar-refractivity contribution >= 4 is 28.8 Å². The number of rotatable bonds is 6. The topological polar surface area (TPSA) is 146 Å². The molecular weight excluding hydrogens is 626 g/mol. The summed E-state index contributed by atoms with van der Waals surface area (Å²) in [6.45, 7) is 11.1. The summed E-state index contributed by atoms with van der Waals surface area (Å²) in [6, 6.07) is 6.13. The number of hydrogen-bond donors (Lipinski definition) is 2. The number of ether oxygens (including phenoxy) is 4. The first-order valence-electron chi connectivity index (χ1n) is 18.0. The molecule has 0 radical (unpaired) electrons. The van der Waals surface area contributed by atoms with Crippen LogP contribution in [0.3, 0.4) is 0 Å². The van der Waals surface area contributed by atoms with Gasteiger partial charge in [-0.3, -0.25) is 9.59 Å². The number of nitrogens with two attached hydrogens (primary N) is 1. The zero-order chi connectivity index (χ0) is 35.1. The Labute approximate surface area is 290 Å². The van der Waals surface area contributed by atoms with Crippen LogP contribution < -0.4 is 20.5 Å². The summed E-state index contributed by atoms with van der Waals surface area (Å²) >= 11 is 0. The largest absolute Gasteiger partial charge is 0.489 e. The second-order valence-electron chi connectivity index (χ2n) is 14.9. The Hall–Kier alpha value is -3.64. The molecule has 0 spiro atoms. The van der Waals surface area contributed by atoms with Gasteiger partial charge in [0.05, 0.1) is 24.2 Å². The van der Waals surface area contributed by atoms with Crippen LogP contribution in [0.2, 0.25) is 0 Å². The number of benzene rings is 1. The van der Waals surface area contributed by atoms with E-state index in [1.54, 1.807) is 7.11 Å². The van der Waals surface area contributed by atoms with Crippen molar-refractivity contribution in [2.45, 2.75) is 116 Å². The number of fused-ring (bicyclic) bond motifs is 4. The molecule has 1 aromatic heterocycles. The summed E-state index contributed by atoms with van der Waals surface area (Å²) < 4.78 is 24.5. The number of para-hydroxylation sites is 1. The molecule has 2 fully saturated rings. The number of hydrogen-bond acceptors (Lipinski definition) is 9. The highest BCUT2D eigenvalue weighted by Crippen LogP contribution is 2.39. The number of carbonyl (C=O) groups is 3. The Balaban J connectivity index is 1.49. The highest BCUT2D eigenvalue weighted by Gasteiger charge is 2.45. The van der Waals surface area contributed by atoms with Crippen LogP contribution in [0.15, 0.2) is 24.3 Å². The van der Waals surface area contributed by atoms with Crippen LogP contribution in [0, 0.1) is 5.41 Å². The molecule has 4 atom stereocenters. The molecule has 12 nitrogen and oxygen atoms in total. The van der Waals surface area contributed by atoms with Gasteiger partial charge in [-0.05, 0) is 63.0 Å². The molecule has 0 aliphatic carbocycles. The van der Waals surface area contributed by atoms with Crippen molar-refractivity contribution in [2.75, 3.05) is 39.9 Å². The van der Waals surface area contributed by atoms with Crippen molar-refractivity contribution in [2.24, 2.45) is 11.1 Å². The lowest BCUT2D eigenvalue weighted by Crippen LogP contribution is -2.57. The van der Waals surface area contributed by atoms with E-state index in [0.29, 0.717) is 25.3 Å². The van der Waals surface area contributed by atoms with Gasteiger partial charge in [-0.25, -0.2) is 9.78 Å². The monoisotopic (exact) mass is 681 g/mol. The van der Waals surface area contributed by atoms with Crippen LogP contribution in [0.4, 0.5) is 4.79 Å². The molecule has 2 saturated heterocycles. The Morgan fingerprint density at radius 3 is 2.51 bits per heavy atom. The minimum atomic E-state index is -0.943. The first kappa shape index (κ1) is 36.6. The van der Waals surface area contributed by atoms with Gasteiger partial charge in [-0.2, -0.15) is 0 Å². The Morgan fingerprint density at radius 2 is 1.80 bits per heavy atom. The Bertz CT molecular complexity index is 1450. The molecule has 0 unspecified atom stereocenters. The van der Waals surface area contributed by atoms with Crippen molar-refractivity contribution in [1.82, 2.24) is 20.1 Å². The van der Waals surface area contributed by atoms with Crippen molar-refractivity contribution in [1.29, 1.82) is 0 Å². The normalized spacial score (nSPS) is 25.4. The summed E-state index contributed by atoms with van der Waals surface area (Å²) in [5.74, 6) is 0.250. The van der Waals surface area contributed by atoms with Crippen molar-refractivity contribution in [3.05, 3.63) is 29.8 Å². The standard InChI is InChI=1S/C37H55N5O7/c1-24-12-8-6-7-9-14-28-31(48-25-16-18-41(19-17-25)20-21-46-5)27-13-10-11-15-29(27)39-34(28)49-26-22-30(33(38)43)42(23-26)35(44)32(37(2,3)4)40-36(45)47-24/h10-11,13,15,24-26,30,32H,6-9,12,14,16-23H2,1-5H3,(H2,38,43)(H,40,45)/t24-,26-,30+,32-/m1/s1. The van der Waals surface area contributed by atoms with E-state index in [1.807, 2.05) is 45.9 Å². The molecule has 49 heavy (non-hydrogen) atoms. The van der Waals surface area contributed by atoms with Crippen molar-refractivity contribution in [3.63, 3.8) is 0 Å². The van der Waals surface area contributed by atoms with Crippen LogP contribution in [0.5, 0.6) is 11.6 Å². The number of primary amides is 1. The van der Waals surface area contributed by atoms with Crippen LogP contribution in [0.25, 0.3) is 10.9 Å². The maximum absolute atomic E-state index is 14.1. The zero-order valence-corrected chi connectivity index (χ0v) is 29.9. The van der Waals surface area contributed by atoms with Crippen LogP contribution in [-0.4, -0.2) is 103 Å². The summed E-state index contributed by atoms with van der Waals surface area (Å²) in [5, 5.41) is 3.74. The van der Waals surface area contributed by atoms with E-state index in [4.69, 9.17) is 29.7 Å². The fourth-order valence-electron chi connectivity index (χ4n) is 7.14. The number of nitrogens with one attached hydrogen (secondary N) is 1. The van der Waals surface area contributed by atoms with Crippen molar-refractivity contribution < 1.29 is 33.3 Å². The highest BCUT2D eigenvalue weighted by atomic mass is 16.6. The van der Waals surface area contributed by atoms with Crippen LogP contribution >= 0.6 is 0 Å². The lowest BCUT2D eigenvalue weighted by molar-refractivity contribution is -0.141. The van der Waals surface area contributed by atoms with E-state index >= 15 is 0 Å². The lowest BCUT2D eigenvalue weighted by atomic mass is 9.85. The van der Waals surface area contributed by atoms with E-state index in [2.05, 4.69) is 16.3 Å². The van der Waals surface area contributed by atoms with Gasteiger partial charge in [-0.1, -0.05) is 45.7 Å². The van der Waals surface area contributed by atoms with Gasteiger partial charge in [0.2, 0.25) is 17.7 Å². The fraction of sp³-hybridized carbons (Fsp3) is 0.676. The molecule has 1 aromatic carbocycles. The quantitative estimate of drug-likeness (QED) is 0.447. The Morgan fingerprint density at radius 1 is 1.06 bits per heavy atom. The van der Waals surface area contributed by atoms with Gasteiger partial charge in [0.15, 0.2) is 0 Å². The third-order valence-electron chi connectivity index (χ3n) is 9.96. The van der Waals surface area contributed by atoms with E-state index in [0.717, 1.165) is 80.4 Å². The third kappa shape index (κ3) is 9.33. The minimum absolute atomic E-state index is 0.0478. The highest BCUT2D eigenvalue weighted by molar-refractivity contribution is 5.92. The predicted octanol–water partition coefficient (Wildman–Crippen LogP) is 4.59. The maximum atomic E-state index is 14.1. The molecule has 2 aromatic rings. The molecule has 4 heterocycles. The molecule has 3 amide bonds. The molecule has 3 aliphatic heterocycles. The van der Waals surface area contributed by atoms with Gasteiger partial charge in [0, 0.05) is 38.6 Å². The van der Waals surface area contributed by atoms with E-state index < -0.39 is 41.5 Å². The SMILES string of the molecule is COCCN1CCC(Oc2c3c(nc4ccccc24)O[C@@H]2C[C@@H](C(N)=O)N(C2)C(=O)[C@H](C(C)(C)C)NC(=O)O[C@H](C)CCCCCC3)CC1. The molecule has 12 heteroatoms. The smallest absolute Gasteiger partial charge is 0.408 e. The molecule has 5 rings (SSSR count). The average Bonchev–Trinajstić information content (AvgIpc) is 3.49. The van der Waals surface area contributed by atoms with Gasteiger partial charge < -0.3 is 39.8 Å². The minimum Gasteiger partial charge on any atom is -0.489 e. The van der Waals surface area contributed by atoms with Gasteiger partial charge in [-0.15, -0.1) is 0 Å². The average molecular weight is 682 g/mol. The summed E-state index contributed by atoms with van der Waals surface area (Å²) in [6.07, 6.45) is 5.72. The Kier molecular flexibility index (Phi) is 12.2. The second-order valence-corrected chi connectivity index (χ2v) is 14.9. The zero-order valence-electron chi connectivity index (χ0n) is 29.9. The molecule has 270 valence electrons. The van der Waals surface area contributed by atoms with E-state index in [9.17, 15) is 14.4 Å². The fourth-order valence-corrected chi connectivity index (χ4v) is 7.14. The van der Waals surface area contributed by atoms with Gasteiger partial charge in [0.1, 0.15) is 36.1 Å². The van der Waals surface area contributed by atoms with Crippen LogP contribution in [-0.2, 0) is 25.5 Å². The molecule has 3 aliphatic rings. The maximum Gasteiger partial charge on any atom is 0.408 e. The van der Waals surface area contributed by atoms with Gasteiger partial charge in [0.25, 0.3) is 0 Å². The van der Waals surface area contributed by atoms with E-state index in [1.165, 1.54) is 4.90 Å². The number of alkyl carbamates (subject to hydrolysis) is 1. The lowest BCUT2D eigenvalue weighted by Gasteiger charge is -2.35. The number of pyridine rings is 1. The number of nitrogens with zero attached hydrogens (tertiary/aromatic N) is 3. The number of methoxy groups -OCH3 is 1. The summed E-state index contributed by atoms with van der Waals surface area (Å²) in [7, 11) is 1.73. The number of carbonyl (C=O) groups excluding carboxylic acids is 3. The summed E-state index contributed by atoms with van der Waals surface area (Å²) in [4.78, 5) is 48.7. The second kappa shape index (κ2) is 16.4. The number of amides is 3. The molecule has 0 saturated carbocycles. The van der Waals surface area contributed by atoms with Crippen molar-refractivity contribution in [3.8, 4) is 11.6 Å². The van der Waals surface area contributed by atoms with Gasteiger partial charge >= 0.3 is 6.09 Å². The van der Waals surface area contributed by atoms with E-state index in [-0.39, 0.29) is 25.2 Å². The summed E-state index contributed by atoms with van der Waals surface area (Å²) in [5.41, 5.74) is 6.88. The number of piperidine rings is 1. The number of aromatic nitrogens is 1. The number of cyclic esters (lactones) is 1.